The number of rotatable bonds is 5. The molecular formula is C15H17FN4S. The van der Waals surface area contributed by atoms with Crippen LogP contribution in [0.25, 0.3) is 0 Å². The highest BCUT2D eigenvalue weighted by molar-refractivity contribution is 7.10. The number of halogens is 1. The van der Waals surface area contributed by atoms with E-state index in [1.165, 1.54) is 12.1 Å². The molecule has 0 radical (unpaired) electrons. The molecule has 0 bridgehead atoms. The largest absolute Gasteiger partial charge is 0.324 e. The Kier molecular flexibility index (Phi) is 5.19. The van der Waals surface area contributed by atoms with Crippen LogP contribution in [0.3, 0.4) is 0 Å². The second-order valence-corrected chi connectivity index (χ2v) is 5.60. The first-order valence-electron chi connectivity index (χ1n) is 6.49. The zero-order valence-electron chi connectivity index (χ0n) is 11.5. The third kappa shape index (κ3) is 4.21. The average molecular weight is 304 g/mol. The van der Waals surface area contributed by atoms with Crippen molar-refractivity contribution < 1.29 is 4.39 Å². The van der Waals surface area contributed by atoms with Gasteiger partial charge in [-0.3, -0.25) is 10.8 Å². The van der Waals surface area contributed by atoms with E-state index >= 15 is 0 Å². The fraction of sp³-hybridized carbons (Fsp3) is 0.200. The summed E-state index contributed by atoms with van der Waals surface area (Å²) >= 11 is 1.58. The summed E-state index contributed by atoms with van der Waals surface area (Å²) < 4.78 is 12.9. The Bertz CT molecular complexity index is 607. The average Bonchev–Trinajstić information content (AvgIpc) is 2.98. The van der Waals surface area contributed by atoms with Crippen LogP contribution in [0.15, 0.2) is 41.8 Å². The molecule has 1 heterocycles. The molecule has 4 N–H and O–H groups in total. The van der Waals surface area contributed by atoms with E-state index in [0.29, 0.717) is 18.8 Å². The lowest BCUT2D eigenvalue weighted by Gasteiger charge is -2.25. The van der Waals surface area contributed by atoms with Crippen LogP contribution in [-0.4, -0.2) is 23.1 Å². The minimum atomic E-state index is -0.298. The van der Waals surface area contributed by atoms with E-state index in [1.54, 1.807) is 28.4 Å². The van der Waals surface area contributed by atoms with Crippen molar-refractivity contribution in [1.82, 2.24) is 4.90 Å². The molecule has 1 aromatic heterocycles. The molecule has 0 atom stereocenters. The van der Waals surface area contributed by atoms with Gasteiger partial charge in [0, 0.05) is 11.3 Å². The molecule has 110 valence electrons. The van der Waals surface area contributed by atoms with Gasteiger partial charge in [0.1, 0.15) is 17.5 Å². The summed E-state index contributed by atoms with van der Waals surface area (Å²) in [6.45, 7) is 0.411. The molecule has 0 fully saturated rings. The fourth-order valence-corrected chi connectivity index (χ4v) is 2.62. The minimum absolute atomic E-state index is 0.0635. The molecule has 0 unspecified atom stereocenters. The maximum Gasteiger partial charge on any atom is 0.123 e. The Morgan fingerprint density at radius 2 is 1.86 bits per heavy atom. The molecule has 0 aliphatic heterocycles. The molecule has 0 saturated heterocycles. The quantitative estimate of drug-likeness (QED) is 0.587. The van der Waals surface area contributed by atoms with Gasteiger partial charge >= 0.3 is 0 Å². The van der Waals surface area contributed by atoms with Crippen LogP contribution >= 0.6 is 11.3 Å². The molecule has 0 aliphatic rings. The van der Waals surface area contributed by atoms with Crippen LogP contribution in [0.1, 0.15) is 10.4 Å². The van der Waals surface area contributed by atoms with E-state index in [4.69, 9.17) is 16.6 Å². The molecule has 21 heavy (non-hydrogen) atoms. The summed E-state index contributed by atoms with van der Waals surface area (Å²) in [6.07, 6.45) is 0.460. The Morgan fingerprint density at radius 1 is 1.14 bits per heavy atom. The van der Waals surface area contributed by atoms with Gasteiger partial charge in [0.05, 0.1) is 13.1 Å². The van der Waals surface area contributed by atoms with E-state index in [0.717, 1.165) is 10.4 Å². The third-order valence-electron chi connectivity index (χ3n) is 3.02. The van der Waals surface area contributed by atoms with E-state index in [1.807, 2.05) is 17.5 Å². The van der Waals surface area contributed by atoms with Crippen molar-refractivity contribution in [2.45, 2.75) is 13.0 Å². The van der Waals surface area contributed by atoms with Gasteiger partial charge in [-0.2, -0.15) is 0 Å². The molecule has 4 nitrogen and oxygen atoms in total. The summed E-state index contributed by atoms with van der Waals surface area (Å²) in [6, 6.07) is 9.97. The van der Waals surface area contributed by atoms with Crippen LogP contribution in [-0.2, 0) is 13.0 Å². The van der Waals surface area contributed by atoms with Crippen molar-refractivity contribution >= 4 is 23.0 Å². The molecule has 0 saturated carbocycles. The molecule has 6 heteroatoms. The summed E-state index contributed by atoms with van der Waals surface area (Å²) in [5.74, 6) is 0.200. The SMILES string of the molecule is N=C(CN)N(Cc1ccc(F)cc1)C(=N)Cc1cccs1. The van der Waals surface area contributed by atoms with Crippen LogP contribution in [0.4, 0.5) is 4.39 Å². The molecule has 0 spiro atoms. The number of hydrogen-bond donors (Lipinski definition) is 3. The van der Waals surface area contributed by atoms with Gasteiger partial charge < -0.3 is 10.6 Å². The lowest BCUT2D eigenvalue weighted by atomic mass is 10.2. The van der Waals surface area contributed by atoms with Gasteiger partial charge in [-0.25, -0.2) is 4.39 Å². The van der Waals surface area contributed by atoms with Crippen molar-refractivity contribution in [2.24, 2.45) is 5.73 Å². The lowest BCUT2D eigenvalue weighted by Crippen LogP contribution is -2.40. The maximum absolute atomic E-state index is 12.9. The maximum atomic E-state index is 12.9. The number of hydrogen-bond acceptors (Lipinski definition) is 4. The van der Waals surface area contributed by atoms with Crippen LogP contribution in [0.5, 0.6) is 0 Å². The number of benzene rings is 1. The van der Waals surface area contributed by atoms with Gasteiger partial charge in [-0.1, -0.05) is 18.2 Å². The zero-order valence-corrected chi connectivity index (χ0v) is 12.3. The Hall–Kier alpha value is -2.05. The van der Waals surface area contributed by atoms with E-state index < -0.39 is 0 Å². The monoisotopic (exact) mass is 304 g/mol. The van der Waals surface area contributed by atoms with Gasteiger partial charge in [-0.05, 0) is 29.1 Å². The fourth-order valence-electron chi connectivity index (χ4n) is 1.91. The van der Waals surface area contributed by atoms with Gasteiger partial charge in [-0.15, -0.1) is 11.3 Å². The topological polar surface area (TPSA) is 77.0 Å². The minimum Gasteiger partial charge on any atom is -0.324 e. The highest BCUT2D eigenvalue weighted by Crippen LogP contribution is 2.13. The first-order valence-corrected chi connectivity index (χ1v) is 7.37. The van der Waals surface area contributed by atoms with Crippen LogP contribution in [0, 0.1) is 16.6 Å². The van der Waals surface area contributed by atoms with Crippen molar-refractivity contribution in [2.75, 3.05) is 6.54 Å². The highest BCUT2D eigenvalue weighted by Gasteiger charge is 2.15. The molecule has 2 aromatic rings. The summed E-state index contributed by atoms with van der Waals surface area (Å²) in [5.41, 5.74) is 6.38. The standard InChI is InChI=1S/C15H17FN4S/c16-12-5-3-11(4-6-12)10-20(15(19)9-17)14(18)8-13-2-1-7-21-13/h1-7,18-19H,8-10,17H2. The number of nitrogens with zero attached hydrogens (tertiary/aromatic N) is 1. The molecular weight excluding hydrogens is 287 g/mol. The Labute approximate surface area is 127 Å². The third-order valence-corrected chi connectivity index (χ3v) is 3.90. The summed E-state index contributed by atoms with van der Waals surface area (Å²) in [4.78, 5) is 2.63. The first-order chi connectivity index (χ1) is 10.1. The van der Waals surface area contributed by atoms with Crippen LogP contribution < -0.4 is 5.73 Å². The predicted molar refractivity (Wildman–Crippen MR) is 84.5 cm³/mol. The van der Waals surface area contributed by atoms with Crippen molar-refractivity contribution in [3.63, 3.8) is 0 Å². The number of thiophene rings is 1. The van der Waals surface area contributed by atoms with Gasteiger partial charge in [0.15, 0.2) is 0 Å². The van der Waals surface area contributed by atoms with Crippen molar-refractivity contribution in [3.8, 4) is 0 Å². The van der Waals surface area contributed by atoms with E-state index in [2.05, 4.69) is 0 Å². The Morgan fingerprint density at radius 3 is 2.43 bits per heavy atom. The molecule has 0 amide bonds. The van der Waals surface area contributed by atoms with E-state index in [9.17, 15) is 4.39 Å². The predicted octanol–water partition coefficient (Wildman–Crippen LogP) is 2.85. The number of amidine groups is 2. The summed E-state index contributed by atoms with van der Waals surface area (Å²) in [5, 5.41) is 18.1. The van der Waals surface area contributed by atoms with Gasteiger partial charge in [0.25, 0.3) is 0 Å². The van der Waals surface area contributed by atoms with E-state index in [-0.39, 0.29) is 18.2 Å². The first kappa shape index (κ1) is 15.3. The number of nitrogens with one attached hydrogen (secondary N) is 2. The van der Waals surface area contributed by atoms with Gasteiger partial charge in [0.2, 0.25) is 0 Å². The molecule has 1 aromatic carbocycles. The second kappa shape index (κ2) is 7.10. The summed E-state index contributed by atoms with van der Waals surface area (Å²) in [7, 11) is 0. The smallest absolute Gasteiger partial charge is 0.123 e. The number of nitrogens with two attached hydrogens (primary N) is 1. The Balaban J connectivity index is 2.12. The van der Waals surface area contributed by atoms with Crippen molar-refractivity contribution in [3.05, 3.63) is 58.0 Å². The highest BCUT2D eigenvalue weighted by atomic mass is 32.1. The van der Waals surface area contributed by atoms with Crippen LogP contribution in [0.2, 0.25) is 0 Å². The molecule has 0 aliphatic carbocycles. The second-order valence-electron chi connectivity index (χ2n) is 4.57. The zero-order chi connectivity index (χ0) is 15.2. The lowest BCUT2D eigenvalue weighted by molar-refractivity contribution is 0.574. The normalized spacial score (nSPS) is 10.4. The molecule has 2 rings (SSSR count). The van der Waals surface area contributed by atoms with Crippen molar-refractivity contribution in [1.29, 1.82) is 10.8 Å².